The molecule has 1 aromatic rings. The standard InChI is InChI=1S/C16H22N2O3/c1-4-21-14-10-6-5-8-12(14)18(3)16(20)13-9-7-11-15(19)17(13)2/h5-6,8,10,13H,4,7,9,11H2,1-3H3. The van der Waals surface area contributed by atoms with Gasteiger partial charge in [0.15, 0.2) is 0 Å². The van der Waals surface area contributed by atoms with Crippen LogP contribution in [0.3, 0.4) is 0 Å². The van der Waals surface area contributed by atoms with Gasteiger partial charge in [0, 0.05) is 20.5 Å². The SMILES string of the molecule is CCOc1ccccc1N(C)C(=O)C1CCCC(=O)N1C. The number of amides is 2. The molecule has 5 nitrogen and oxygen atoms in total. The van der Waals surface area contributed by atoms with Crippen molar-refractivity contribution in [3.05, 3.63) is 24.3 Å². The first-order valence-electron chi connectivity index (χ1n) is 7.31. The summed E-state index contributed by atoms with van der Waals surface area (Å²) in [5, 5.41) is 0. The molecule has 21 heavy (non-hydrogen) atoms. The summed E-state index contributed by atoms with van der Waals surface area (Å²) in [5.74, 6) is 0.643. The van der Waals surface area contributed by atoms with Crippen molar-refractivity contribution < 1.29 is 14.3 Å². The number of carbonyl (C=O) groups is 2. The molecule has 0 spiro atoms. The fraction of sp³-hybridized carbons (Fsp3) is 0.500. The van der Waals surface area contributed by atoms with E-state index in [0.717, 1.165) is 12.1 Å². The van der Waals surface area contributed by atoms with Gasteiger partial charge in [-0.05, 0) is 31.9 Å². The highest BCUT2D eigenvalue weighted by molar-refractivity contribution is 6.00. The lowest BCUT2D eigenvalue weighted by Crippen LogP contribution is -2.50. The minimum atomic E-state index is -0.383. The number of likely N-dealkylation sites (N-methyl/N-ethyl adjacent to an activating group) is 2. The molecule has 0 radical (unpaired) electrons. The van der Waals surface area contributed by atoms with E-state index in [2.05, 4.69) is 0 Å². The summed E-state index contributed by atoms with van der Waals surface area (Å²) in [7, 11) is 3.43. The highest BCUT2D eigenvalue weighted by Crippen LogP contribution is 2.29. The third-order valence-corrected chi connectivity index (χ3v) is 3.87. The van der Waals surface area contributed by atoms with Gasteiger partial charge in [-0.1, -0.05) is 12.1 Å². The van der Waals surface area contributed by atoms with Gasteiger partial charge in [0.2, 0.25) is 11.8 Å². The van der Waals surface area contributed by atoms with Gasteiger partial charge in [-0.25, -0.2) is 0 Å². The summed E-state index contributed by atoms with van der Waals surface area (Å²) in [4.78, 5) is 27.6. The number of hydrogen-bond acceptors (Lipinski definition) is 3. The summed E-state index contributed by atoms with van der Waals surface area (Å²) in [6.45, 7) is 2.45. The first-order valence-corrected chi connectivity index (χ1v) is 7.31. The maximum Gasteiger partial charge on any atom is 0.249 e. The van der Waals surface area contributed by atoms with Crippen LogP contribution in [0.2, 0.25) is 0 Å². The number of rotatable bonds is 4. The third kappa shape index (κ3) is 3.17. The summed E-state index contributed by atoms with van der Waals surface area (Å²) in [5.41, 5.74) is 0.732. The fourth-order valence-corrected chi connectivity index (χ4v) is 2.63. The molecule has 1 unspecified atom stereocenters. The molecule has 0 aromatic heterocycles. The second-order valence-corrected chi connectivity index (χ2v) is 5.21. The van der Waals surface area contributed by atoms with Crippen LogP contribution in [0.1, 0.15) is 26.2 Å². The Morgan fingerprint density at radius 2 is 2.14 bits per heavy atom. The number of anilines is 1. The second kappa shape index (κ2) is 6.61. The van der Waals surface area contributed by atoms with Crippen LogP contribution in [0.25, 0.3) is 0 Å². The number of piperidine rings is 1. The molecule has 114 valence electrons. The quantitative estimate of drug-likeness (QED) is 0.853. The predicted octanol–water partition coefficient (Wildman–Crippen LogP) is 2.06. The van der Waals surface area contributed by atoms with E-state index in [1.807, 2.05) is 31.2 Å². The molecule has 0 bridgehead atoms. The molecule has 1 atom stereocenters. The Morgan fingerprint density at radius 1 is 1.43 bits per heavy atom. The number of likely N-dealkylation sites (tertiary alicyclic amines) is 1. The molecule has 1 aliphatic heterocycles. The topological polar surface area (TPSA) is 49.9 Å². The molecule has 0 N–H and O–H groups in total. The molecule has 0 saturated carbocycles. The molecular formula is C16H22N2O3. The zero-order valence-corrected chi connectivity index (χ0v) is 12.8. The van der Waals surface area contributed by atoms with Crippen LogP contribution in [-0.4, -0.2) is 43.5 Å². The van der Waals surface area contributed by atoms with Gasteiger partial charge in [0.05, 0.1) is 12.3 Å². The Labute approximate surface area is 125 Å². The smallest absolute Gasteiger partial charge is 0.249 e. The van der Waals surface area contributed by atoms with E-state index in [9.17, 15) is 9.59 Å². The van der Waals surface area contributed by atoms with Crippen LogP contribution in [0.4, 0.5) is 5.69 Å². The van der Waals surface area contributed by atoms with Crippen molar-refractivity contribution in [1.29, 1.82) is 0 Å². The minimum absolute atomic E-state index is 0.0334. The van der Waals surface area contributed by atoms with Crippen LogP contribution in [-0.2, 0) is 9.59 Å². The van der Waals surface area contributed by atoms with Gasteiger partial charge in [0.1, 0.15) is 11.8 Å². The van der Waals surface area contributed by atoms with Crippen LogP contribution in [0.5, 0.6) is 5.75 Å². The minimum Gasteiger partial charge on any atom is -0.492 e. The maximum absolute atomic E-state index is 12.7. The Hall–Kier alpha value is -2.04. The molecule has 5 heteroatoms. The zero-order valence-electron chi connectivity index (χ0n) is 12.8. The van der Waals surface area contributed by atoms with Gasteiger partial charge in [-0.2, -0.15) is 0 Å². The van der Waals surface area contributed by atoms with Crippen molar-refractivity contribution in [2.45, 2.75) is 32.2 Å². The molecule has 1 saturated heterocycles. The van der Waals surface area contributed by atoms with Crippen molar-refractivity contribution in [3.8, 4) is 5.75 Å². The molecule has 1 aliphatic rings. The summed E-state index contributed by atoms with van der Waals surface area (Å²) in [6, 6.07) is 7.07. The number of nitrogens with zero attached hydrogens (tertiary/aromatic N) is 2. The van der Waals surface area contributed by atoms with Gasteiger partial charge in [-0.15, -0.1) is 0 Å². The number of carbonyl (C=O) groups excluding carboxylic acids is 2. The lowest BCUT2D eigenvalue weighted by Gasteiger charge is -2.34. The van der Waals surface area contributed by atoms with Gasteiger partial charge < -0.3 is 14.5 Å². The Kier molecular flexibility index (Phi) is 4.83. The monoisotopic (exact) mass is 290 g/mol. The normalized spacial score (nSPS) is 18.5. The summed E-state index contributed by atoms with van der Waals surface area (Å²) in [6.07, 6.45) is 2.00. The van der Waals surface area contributed by atoms with Crippen LogP contribution >= 0.6 is 0 Å². The van der Waals surface area contributed by atoms with Crippen LogP contribution in [0.15, 0.2) is 24.3 Å². The molecule has 0 aliphatic carbocycles. The largest absolute Gasteiger partial charge is 0.492 e. The number of hydrogen-bond donors (Lipinski definition) is 0. The Bertz CT molecular complexity index is 530. The number of benzene rings is 1. The Morgan fingerprint density at radius 3 is 2.86 bits per heavy atom. The zero-order chi connectivity index (χ0) is 15.4. The molecule has 1 heterocycles. The maximum atomic E-state index is 12.7. The molecule has 1 aromatic carbocycles. The van der Waals surface area contributed by atoms with E-state index < -0.39 is 0 Å². The fourth-order valence-electron chi connectivity index (χ4n) is 2.63. The average Bonchev–Trinajstić information content (AvgIpc) is 2.49. The van der Waals surface area contributed by atoms with Crippen molar-refractivity contribution in [1.82, 2.24) is 4.90 Å². The number of para-hydroxylation sites is 2. The van der Waals surface area contributed by atoms with Gasteiger partial charge in [0.25, 0.3) is 0 Å². The van der Waals surface area contributed by atoms with Gasteiger partial charge in [-0.3, -0.25) is 9.59 Å². The highest BCUT2D eigenvalue weighted by atomic mass is 16.5. The number of ether oxygens (including phenoxy) is 1. The summed E-state index contributed by atoms with van der Waals surface area (Å²) < 4.78 is 5.57. The molecule has 2 amide bonds. The van der Waals surface area contributed by atoms with Gasteiger partial charge >= 0.3 is 0 Å². The van der Waals surface area contributed by atoms with E-state index in [1.165, 1.54) is 0 Å². The lowest BCUT2D eigenvalue weighted by atomic mass is 10.0. The molecular weight excluding hydrogens is 268 g/mol. The first-order chi connectivity index (χ1) is 10.1. The predicted molar refractivity (Wildman–Crippen MR) is 81.4 cm³/mol. The van der Waals surface area contributed by atoms with E-state index in [-0.39, 0.29) is 17.9 Å². The highest BCUT2D eigenvalue weighted by Gasteiger charge is 2.33. The second-order valence-electron chi connectivity index (χ2n) is 5.21. The van der Waals surface area contributed by atoms with Crippen molar-refractivity contribution in [2.24, 2.45) is 0 Å². The molecule has 2 rings (SSSR count). The van der Waals surface area contributed by atoms with E-state index in [0.29, 0.717) is 25.2 Å². The van der Waals surface area contributed by atoms with E-state index >= 15 is 0 Å². The van der Waals surface area contributed by atoms with Crippen LogP contribution < -0.4 is 9.64 Å². The van der Waals surface area contributed by atoms with Crippen LogP contribution in [0, 0.1) is 0 Å². The van der Waals surface area contributed by atoms with Crippen molar-refractivity contribution in [2.75, 3.05) is 25.6 Å². The Balaban J connectivity index is 2.21. The lowest BCUT2D eigenvalue weighted by molar-refractivity contribution is -0.140. The van der Waals surface area contributed by atoms with Crippen molar-refractivity contribution >= 4 is 17.5 Å². The molecule has 1 fully saturated rings. The van der Waals surface area contributed by atoms with Crippen molar-refractivity contribution in [3.63, 3.8) is 0 Å². The first kappa shape index (κ1) is 15.4. The summed E-state index contributed by atoms with van der Waals surface area (Å²) >= 11 is 0. The average molecular weight is 290 g/mol. The van der Waals surface area contributed by atoms with E-state index in [1.54, 1.807) is 23.9 Å². The van der Waals surface area contributed by atoms with E-state index in [4.69, 9.17) is 4.74 Å². The third-order valence-electron chi connectivity index (χ3n) is 3.87.